The second kappa shape index (κ2) is 5.82. The molecule has 2 rings (SSSR count). The Morgan fingerprint density at radius 1 is 1.50 bits per heavy atom. The predicted molar refractivity (Wildman–Crippen MR) is 72.0 cm³/mol. The Hall–Kier alpha value is -1.62. The zero-order valence-electron chi connectivity index (χ0n) is 9.97. The van der Waals surface area contributed by atoms with Crippen molar-refractivity contribution < 1.29 is 9.53 Å². The highest BCUT2D eigenvalue weighted by Crippen LogP contribution is 2.21. The molecule has 0 bridgehead atoms. The number of benzene rings is 1. The van der Waals surface area contributed by atoms with Gasteiger partial charge in [-0.05, 0) is 25.1 Å². The van der Waals surface area contributed by atoms with E-state index >= 15 is 0 Å². The normalized spacial score (nSPS) is 10.3. The van der Waals surface area contributed by atoms with Crippen LogP contribution in [0.3, 0.4) is 0 Å². The van der Waals surface area contributed by atoms with E-state index in [-0.39, 0.29) is 0 Å². The van der Waals surface area contributed by atoms with Gasteiger partial charge in [0.1, 0.15) is 18.2 Å². The summed E-state index contributed by atoms with van der Waals surface area (Å²) in [5.41, 5.74) is 0.548. The molecule has 0 saturated heterocycles. The maximum absolute atomic E-state index is 10.9. The van der Waals surface area contributed by atoms with E-state index in [1.165, 1.54) is 0 Å². The van der Waals surface area contributed by atoms with Gasteiger partial charge in [0.25, 0.3) is 0 Å². The summed E-state index contributed by atoms with van der Waals surface area (Å²) >= 11 is 3.32. The Labute approximate surface area is 114 Å². The average Bonchev–Trinajstić information content (AvgIpc) is 2.77. The third kappa shape index (κ3) is 2.98. The second-order valence-electron chi connectivity index (χ2n) is 3.82. The van der Waals surface area contributed by atoms with Gasteiger partial charge in [0.15, 0.2) is 6.29 Å². The van der Waals surface area contributed by atoms with Gasteiger partial charge in [-0.15, -0.1) is 0 Å². The molecule has 0 radical (unpaired) electrons. The Kier molecular flexibility index (Phi) is 4.15. The molecule has 0 aliphatic rings. The molecule has 1 aromatic carbocycles. The highest BCUT2D eigenvalue weighted by Gasteiger charge is 2.04. The highest BCUT2D eigenvalue weighted by atomic mass is 79.9. The Bertz CT molecular complexity index is 552. The zero-order valence-corrected chi connectivity index (χ0v) is 11.6. The Morgan fingerprint density at radius 2 is 2.33 bits per heavy atom. The largest absolute Gasteiger partial charge is 0.491 e. The fourth-order valence-electron chi connectivity index (χ4n) is 1.64. The number of halogens is 1. The number of carbonyl (C=O) groups is 1. The molecule has 0 unspecified atom stereocenters. The Morgan fingerprint density at radius 3 is 3.00 bits per heavy atom. The summed E-state index contributed by atoms with van der Waals surface area (Å²) in [6.07, 6.45) is 4.45. The van der Waals surface area contributed by atoms with Crippen LogP contribution in [0.1, 0.15) is 16.2 Å². The van der Waals surface area contributed by atoms with Gasteiger partial charge < -0.3 is 9.30 Å². The molecule has 5 heteroatoms. The molecule has 0 amide bonds. The molecule has 2 aromatic rings. The summed E-state index contributed by atoms with van der Waals surface area (Å²) in [6, 6.07) is 5.38. The van der Waals surface area contributed by atoms with E-state index in [2.05, 4.69) is 20.9 Å². The quantitative estimate of drug-likeness (QED) is 0.798. The molecule has 1 aromatic heterocycles. The number of nitrogens with zero attached hydrogens (tertiary/aromatic N) is 2. The van der Waals surface area contributed by atoms with Crippen LogP contribution < -0.4 is 4.74 Å². The van der Waals surface area contributed by atoms with Crippen molar-refractivity contribution in [3.05, 3.63) is 46.5 Å². The molecule has 0 atom stereocenters. The summed E-state index contributed by atoms with van der Waals surface area (Å²) in [6.45, 7) is 3.15. The number of carbonyl (C=O) groups excluding carboxylic acids is 1. The van der Waals surface area contributed by atoms with E-state index < -0.39 is 0 Å². The van der Waals surface area contributed by atoms with Gasteiger partial charge in [-0.25, -0.2) is 4.98 Å². The third-order valence-corrected chi connectivity index (χ3v) is 3.11. The number of aromatic nitrogens is 2. The lowest BCUT2D eigenvalue weighted by Crippen LogP contribution is -2.09. The van der Waals surface area contributed by atoms with Crippen LogP contribution in [0.15, 0.2) is 35.1 Å². The van der Waals surface area contributed by atoms with Crippen molar-refractivity contribution in [1.29, 1.82) is 0 Å². The molecule has 0 aliphatic carbocycles. The lowest BCUT2D eigenvalue weighted by atomic mass is 10.2. The van der Waals surface area contributed by atoms with Crippen LogP contribution in [0.4, 0.5) is 0 Å². The average molecular weight is 309 g/mol. The van der Waals surface area contributed by atoms with Crippen molar-refractivity contribution in [3.63, 3.8) is 0 Å². The molecule has 4 nitrogen and oxygen atoms in total. The standard InChI is InChI=1S/C13H13BrN2O2/c1-10-15-4-5-16(10)6-7-18-13-3-2-12(14)8-11(13)9-17/h2-5,8-9H,6-7H2,1H3. The fourth-order valence-corrected chi connectivity index (χ4v) is 2.02. The number of aldehydes is 1. The summed E-state index contributed by atoms with van der Waals surface area (Å²) in [5, 5.41) is 0. The number of ether oxygens (including phenoxy) is 1. The minimum Gasteiger partial charge on any atom is -0.491 e. The first-order chi connectivity index (χ1) is 8.70. The summed E-state index contributed by atoms with van der Waals surface area (Å²) in [5.74, 6) is 1.55. The topological polar surface area (TPSA) is 44.1 Å². The van der Waals surface area contributed by atoms with Gasteiger partial charge >= 0.3 is 0 Å². The van der Waals surface area contributed by atoms with Crippen LogP contribution in [-0.4, -0.2) is 22.4 Å². The first kappa shape index (κ1) is 12.8. The van der Waals surface area contributed by atoms with Crippen molar-refractivity contribution in [3.8, 4) is 5.75 Å². The van der Waals surface area contributed by atoms with Crippen molar-refractivity contribution in [2.45, 2.75) is 13.5 Å². The number of imidazole rings is 1. The summed E-state index contributed by atoms with van der Waals surface area (Å²) < 4.78 is 8.47. The predicted octanol–water partition coefficient (Wildman–Crippen LogP) is 2.85. The molecule has 94 valence electrons. The van der Waals surface area contributed by atoms with Crippen LogP contribution in [0.5, 0.6) is 5.75 Å². The maximum Gasteiger partial charge on any atom is 0.153 e. The van der Waals surface area contributed by atoms with Crippen molar-refractivity contribution in [2.24, 2.45) is 0 Å². The lowest BCUT2D eigenvalue weighted by Gasteiger charge is -2.10. The first-order valence-electron chi connectivity index (χ1n) is 5.56. The second-order valence-corrected chi connectivity index (χ2v) is 4.73. The van der Waals surface area contributed by atoms with Gasteiger partial charge in [0.05, 0.1) is 12.1 Å². The minimum absolute atomic E-state index is 0.500. The maximum atomic E-state index is 10.9. The van der Waals surface area contributed by atoms with E-state index in [0.717, 1.165) is 16.6 Å². The van der Waals surface area contributed by atoms with E-state index in [9.17, 15) is 4.79 Å². The molecule has 1 heterocycles. The van der Waals surface area contributed by atoms with Crippen LogP contribution in [0.2, 0.25) is 0 Å². The van der Waals surface area contributed by atoms with Gasteiger partial charge in [-0.1, -0.05) is 15.9 Å². The van der Waals surface area contributed by atoms with Crippen LogP contribution >= 0.6 is 15.9 Å². The number of hydrogen-bond donors (Lipinski definition) is 0. The number of hydrogen-bond acceptors (Lipinski definition) is 3. The van der Waals surface area contributed by atoms with Crippen molar-refractivity contribution in [1.82, 2.24) is 9.55 Å². The monoisotopic (exact) mass is 308 g/mol. The van der Waals surface area contributed by atoms with Crippen LogP contribution in [-0.2, 0) is 6.54 Å². The van der Waals surface area contributed by atoms with Gasteiger partial charge in [0, 0.05) is 16.9 Å². The highest BCUT2D eigenvalue weighted by molar-refractivity contribution is 9.10. The van der Waals surface area contributed by atoms with Crippen LogP contribution in [0.25, 0.3) is 0 Å². The molecule has 0 N–H and O–H groups in total. The third-order valence-electron chi connectivity index (χ3n) is 2.61. The molecule has 0 saturated carbocycles. The van der Waals surface area contributed by atoms with E-state index in [4.69, 9.17) is 4.74 Å². The van der Waals surface area contributed by atoms with Gasteiger partial charge in [-0.2, -0.15) is 0 Å². The van der Waals surface area contributed by atoms with Crippen LogP contribution in [0, 0.1) is 6.92 Å². The molecular formula is C13H13BrN2O2. The minimum atomic E-state index is 0.500. The smallest absolute Gasteiger partial charge is 0.153 e. The lowest BCUT2D eigenvalue weighted by molar-refractivity contribution is 0.111. The molecule has 0 fully saturated rings. The van der Waals surface area contributed by atoms with E-state index in [1.807, 2.05) is 23.8 Å². The number of aryl methyl sites for hydroxylation is 1. The summed E-state index contributed by atoms with van der Waals surface area (Å²) in [7, 11) is 0. The molecule has 0 aliphatic heterocycles. The number of rotatable bonds is 5. The Balaban J connectivity index is 1.98. The zero-order chi connectivity index (χ0) is 13.0. The molecular weight excluding hydrogens is 296 g/mol. The van der Waals surface area contributed by atoms with E-state index in [1.54, 1.807) is 18.3 Å². The van der Waals surface area contributed by atoms with Gasteiger partial charge in [-0.3, -0.25) is 4.79 Å². The SMILES string of the molecule is Cc1nccn1CCOc1ccc(Br)cc1C=O. The van der Waals surface area contributed by atoms with Crippen molar-refractivity contribution >= 4 is 22.2 Å². The summed E-state index contributed by atoms with van der Waals surface area (Å²) in [4.78, 5) is 15.0. The van der Waals surface area contributed by atoms with E-state index in [0.29, 0.717) is 24.5 Å². The first-order valence-corrected chi connectivity index (χ1v) is 6.35. The molecule has 18 heavy (non-hydrogen) atoms. The molecule has 0 spiro atoms. The van der Waals surface area contributed by atoms with Crippen molar-refractivity contribution in [2.75, 3.05) is 6.61 Å². The van der Waals surface area contributed by atoms with Gasteiger partial charge in [0.2, 0.25) is 0 Å². The fraction of sp³-hybridized carbons (Fsp3) is 0.231.